The molecule has 4 nitrogen and oxygen atoms in total. The predicted molar refractivity (Wildman–Crippen MR) is 85.1 cm³/mol. The Morgan fingerprint density at radius 1 is 1.19 bits per heavy atom. The van der Waals surface area contributed by atoms with E-state index in [1.54, 1.807) is 12.1 Å². The number of nitrogens with zero attached hydrogens (tertiary/aromatic N) is 1. The van der Waals surface area contributed by atoms with E-state index < -0.39 is 0 Å². The van der Waals surface area contributed by atoms with Gasteiger partial charge in [0.05, 0.1) is 13.2 Å². The maximum absolute atomic E-state index is 9.84. The largest absolute Gasteiger partial charge is 0.504 e. The van der Waals surface area contributed by atoms with Crippen LogP contribution in [0, 0.1) is 20.8 Å². The van der Waals surface area contributed by atoms with Gasteiger partial charge in [0.25, 0.3) is 0 Å². The average molecular weight is 286 g/mol. The molecular weight excluding hydrogens is 264 g/mol. The van der Waals surface area contributed by atoms with E-state index in [1.807, 2.05) is 19.9 Å². The number of pyridine rings is 1. The van der Waals surface area contributed by atoms with Crippen molar-refractivity contribution in [3.05, 3.63) is 46.8 Å². The Bertz CT molecular complexity index is 630. The fourth-order valence-electron chi connectivity index (χ4n) is 2.79. The van der Waals surface area contributed by atoms with Gasteiger partial charge in [0.2, 0.25) is 0 Å². The van der Waals surface area contributed by atoms with Crippen LogP contribution in [0.15, 0.2) is 24.3 Å². The first-order valence-electron chi connectivity index (χ1n) is 7.00. The van der Waals surface area contributed by atoms with Crippen LogP contribution < -0.4 is 10.1 Å². The smallest absolute Gasteiger partial charge is 0.160 e. The summed E-state index contributed by atoms with van der Waals surface area (Å²) in [6.07, 6.45) is 0. The fraction of sp³-hybridized carbons (Fsp3) is 0.353. The molecular formula is C17H22N2O2. The molecule has 0 aliphatic heterocycles. The molecule has 0 spiro atoms. The second-order valence-electron chi connectivity index (χ2n) is 5.33. The number of aromatic hydroxyl groups is 1. The molecule has 0 aliphatic rings. The summed E-state index contributed by atoms with van der Waals surface area (Å²) in [5.41, 5.74) is 5.32. The molecule has 4 heteroatoms. The number of phenolic OH excluding ortho intramolecular Hbond substituents is 1. The quantitative estimate of drug-likeness (QED) is 0.895. The Balaban J connectivity index is 2.26. The molecule has 21 heavy (non-hydrogen) atoms. The number of methoxy groups -OCH3 is 1. The molecule has 1 heterocycles. The Hall–Kier alpha value is -2.23. The van der Waals surface area contributed by atoms with Gasteiger partial charge in [0.15, 0.2) is 11.5 Å². The summed E-state index contributed by atoms with van der Waals surface area (Å²) in [5, 5.41) is 13.2. The van der Waals surface area contributed by atoms with Crippen LogP contribution in [-0.2, 0) is 0 Å². The number of hydrogen-bond acceptors (Lipinski definition) is 4. The first kappa shape index (κ1) is 15.2. The zero-order valence-corrected chi connectivity index (χ0v) is 13.2. The fourth-order valence-corrected chi connectivity index (χ4v) is 2.79. The Morgan fingerprint density at radius 3 is 2.48 bits per heavy atom. The molecule has 0 bridgehead atoms. The van der Waals surface area contributed by atoms with Crippen molar-refractivity contribution in [2.45, 2.75) is 33.7 Å². The lowest BCUT2D eigenvalue weighted by Gasteiger charge is -2.20. The van der Waals surface area contributed by atoms with E-state index in [0.29, 0.717) is 5.75 Å². The van der Waals surface area contributed by atoms with Crippen molar-refractivity contribution in [2.24, 2.45) is 0 Å². The van der Waals surface area contributed by atoms with E-state index in [4.69, 9.17) is 4.74 Å². The van der Waals surface area contributed by atoms with E-state index >= 15 is 0 Å². The summed E-state index contributed by atoms with van der Waals surface area (Å²) in [6.45, 7) is 8.22. The molecule has 2 rings (SSSR count). The second-order valence-corrected chi connectivity index (χ2v) is 5.33. The summed E-state index contributed by atoms with van der Waals surface area (Å²) >= 11 is 0. The molecule has 2 aromatic rings. The molecule has 1 aromatic carbocycles. The highest BCUT2D eigenvalue weighted by atomic mass is 16.5. The minimum Gasteiger partial charge on any atom is -0.504 e. The molecule has 0 radical (unpaired) electrons. The third kappa shape index (κ3) is 3.27. The average Bonchev–Trinajstić information content (AvgIpc) is 2.37. The van der Waals surface area contributed by atoms with Gasteiger partial charge in [-0.3, -0.25) is 4.98 Å². The van der Waals surface area contributed by atoms with Crippen molar-refractivity contribution >= 4 is 5.69 Å². The van der Waals surface area contributed by atoms with Crippen LogP contribution in [0.1, 0.15) is 35.5 Å². The number of anilines is 1. The predicted octanol–water partition coefficient (Wildman–Crippen LogP) is 3.89. The monoisotopic (exact) mass is 286 g/mol. The van der Waals surface area contributed by atoms with E-state index in [-0.39, 0.29) is 11.8 Å². The van der Waals surface area contributed by atoms with E-state index in [2.05, 4.69) is 30.2 Å². The summed E-state index contributed by atoms with van der Waals surface area (Å²) in [6, 6.07) is 7.50. The van der Waals surface area contributed by atoms with Crippen molar-refractivity contribution < 1.29 is 9.84 Å². The lowest BCUT2D eigenvalue weighted by atomic mass is 10.00. The van der Waals surface area contributed by atoms with Gasteiger partial charge in [0.1, 0.15) is 0 Å². The van der Waals surface area contributed by atoms with Gasteiger partial charge in [-0.1, -0.05) is 0 Å². The number of ether oxygens (including phenoxy) is 1. The number of phenols is 1. The summed E-state index contributed by atoms with van der Waals surface area (Å²) in [4.78, 5) is 4.53. The van der Waals surface area contributed by atoms with Crippen molar-refractivity contribution in [1.29, 1.82) is 0 Å². The van der Waals surface area contributed by atoms with Crippen LogP contribution in [0.2, 0.25) is 0 Å². The minimum atomic E-state index is 0.103. The van der Waals surface area contributed by atoms with Crippen molar-refractivity contribution in [3.8, 4) is 11.5 Å². The zero-order chi connectivity index (χ0) is 15.6. The van der Waals surface area contributed by atoms with Gasteiger partial charge in [0, 0.05) is 23.1 Å². The van der Waals surface area contributed by atoms with Crippen LogP contribution in [0.25, 0.3) is 0 Å². The van der Waals surface area contributed by atoms with Crippen LogP contribution >= 0.6 is 0 Å². The van der Waals surface area contributed by atoms with Crippen LogP contribution in [0.3, 0.4) is 0 Å². The van der Waals surface area contributed by atoms with Crippen LogP contribution in [-0.4, -0.2) is 17.2 Å². The molecule has 2 N–H and O–H groups in total. The molecule has 0 aliphatic carbocycles. The summed E-state index contributed by atoms with van der Waals surface area (Å²) in [5.74, 6) is 0.600. The molecule has 1 aromatic heterocycles. The highest BCUT2D eigenvalue weighted by Crippen LogP contribution is 2.31. The maximum atomic E-state index is 9.84. The second kappa shape index (κ2) is 6.04. The van der Waals surface area contributed by atoms with Gasteiger partial charge >= 0.3 is 0 Å². The van der Waals surface area contributed by atoms with Gasteiger partial charge in [-0.25, -0.2) is 0 Å². The highest BCUT2D eigenvalue weighted by molar-refractivity contribution is 5.55. The van der Waals surface area contributed by atoms with Gasteiger partial charge < -0.3 is 15.2 Å². The first-order valence-corrected chi connectivity index (χ1v) is 7.00. The number of hydrogen-bond donors (Lipinski definition) is 2. The van der Waals surface area contributed by atoms with E-state index in [1.165, 1.54) is 18.2 Å². The molecule has 0 saturated carbocycles. The maximum Gasteiger partial charge on any atom is 0.160 e. The highest BCUT2D eigenvalue weighted by Gasteiger charge is 2.13. The molecule has 112 valence electrons. The normalized spacial score (nSPS) is 12.0. The zero-order valence-electron chi connectivity index (χ0n) is 13.2. The standard InChI is InChI=1S/C17H22N2O2/c1-10-8-11(2)18-12(3)17(10)13(4)19-14-6-7-16(21-5)15(20)9-14/h6-9,13,19-20H,1-5H3. The Labute approximate surface area is 125 Å². The summed E-state index contributed by atoms with van der Waals surface area (Å²) < 4.78 is 5.05. The summed E-state index contributed by atoms with van der Waals surface area (Å²) in [7, 11) is 1.54. The third-order valence-electron chi connectivity index (χ3n) is 3.58. The van der Waals surface area contributed by atoms with Crippen LogP contribution in [0.4, 0.5) is 5.69 Å². The van der Waals surface area contributed by atoms with Gasteiger partial charge in [-0.2, -0.15) is 0 Å². The lowest BCUT2D eigenvalue weighted by molar-refractivity contribution is 0.373. The SMILES string of the molecule is COc1ccc(NC(C)c2c(C)cc(C)nc2C)cc1O. The lowest BCUT2D eigenvalue weighted by Crippen LogP contribution is -2.11. The van der Waals surface area contributed by atoms with Gasteiger partial charge in [-0.15, -0.1) is 0 Å². The Kier molecular flexibility index (Phi) is 4.36. The van der Waals surface area contributed by atoms with E-state index in [0.717, 1.165) is 17.1 Å². The van der Waals surface area contributed by atoms with Crippen molar-refractivity contribution in [1.82, 2.24) is 4.98 Å². The molecule has 1 atom stereocenters. The molecule has 0 amide bonds. The topological polar surface area (TPSA) is 54.4 Å². The first-order chi connectivity index (χ1) is 9.92. The number of nitrogens with one attached hydrogen (secondary N) is 1. The van der Waals surface area contributed by atoms with Gasteiger partial charge in [-0.05, 0) is 57.0 Å². The number of rotatable bonds is 4. The minimum absolute atomic E-state index is 0.103. The van der Waals surface area contributed by atoms with Crippen molar-refractivity contribution in [3.63, 3.8) is 0 Å². The third-order valence-corrected chi connectivity index (χ3v) is 3.58. The number of aromatic nitrogens is 1. The number of aryl methyl sites for hydroxylation is 3. The molecule has 0 saturated heterocycles. The number of benzene rings is 1. The molecule has 0 fully saturated rings. The Morgan fingerprint density at radius 2 is 1.90 bits per heavy atom. The van der Waals surface area contributed by atoms with E-state index in [9.17, 15) is 5.11 Å². The van der Waals surface area contributed by atoms with Crippen molar-refractivity contribution in [2.75, 3.05) is 12.4 Å². The van der Waals surface area contributed by atoms with Crippen LogP contribution in [0.5, 0.6) is 11.5 Å². The molecule has 1 unspecified atom stereocenters.